The molecule has 0 aromatic heterocycles. The van der Waals surface area contributed by atoms with Crippen molar-refractivity contribution in [1.82, 2.24) is 10.4 Å². The summed E-state index contributed by atoms with van der Waals surface area (Å²) in [5.41, 5.74) is 14.2. The molecule has 282 valence electrons. The van der Waals surface area contributed by atoms with Crippen LogP contribution in [-0.4, -0.2) is 24.6 Å². The van der Waals surface area contributed by atoms with Crippen LogP contribution in [0.2, 0.25) is 0 Å². The number of allylic oxidation sites excluding steroid dienone is 10. The fourth-order valence-corrected chi connectivity index (χ4v) is 15.9. The Balaban J connectivity index is 0.924. The lowest BCUT2D eigenvalue weighted by molar-refractivity contribution is 0.0509. The second-order valence-electron chi connectivity index (χ2n) is 20.0. The van der Waals surface area contributed by atoms with Crippen molar-refractivity contribution < 1.29 is 0 Å². The molecule has 1 N–H and O–H groups in total. The van der Waals surface area contributed by atoms with Gasteiger partial charge in [0.15, 0.2) is 0 Å². The van der Waals surface area contributed by atoms with E-state index in [0.29, 0.717) is 5.41 Å². The van der Waals surface area contributed by atoms with Crippen LogP contribution in [0.1, 0.15) is 154 Å². The third-order valence-electron chi connectivity index (χ3n) is 17.8. The summed E-state index contributed by atoms with van der Waals surface area (Å²) >= 11 is 0. The molecule has 4 saturated carbocycles. The number of fused-ring (bicyclic) bond motifs is 10. The maximum absolute atomic E-state index is 4.21. The van der Waals surface area contributed by atoms with Gasteiger partial charge in [0.25, 0.3) is 0 Å². The molecule has 0 radical (unpaired) electrons. The lowest BCUT2D eigenvalue weighted by atomic mass is 9.55. The minimum absolute atomic E-state index is 0.547. The van der Waals surface area contributed by atoms with Crippen LogP contribution in [0.25, 0.3) is 0 Å². The van der Waals surface area contributed by atoms with Gasteiger partial charge in [-0.1, -0.05) is 115 Å². The van der Waals surface area contributed by atoms with Crippen molar-refractivity contribution in [2.45, 2.75) is 154 Å². The Morgan fingerprint density at radius 2 is 1.50 bits per heavy atom. The fourth-order valence-electron chi connectivity index (χ4n) is 15.9. The van der Waals surface area contributed by atoms with Crippen molar-refractivity contribution in [2.24, 2.45) is 64.6 Å². The van der Waals surface area contributed by atoms with Gasteiger partial charge in [0.05, 0.1) is 0 Å². The number of hydrazine groups is 1. The normalized spacial score (nSPS) is 41.6. The molecule has 0 heterocycles. The molecular weight excluding hydrogens is 629 g/mol. The Hall–Kier alpha value is -1.64. The summed E-state index contributed by atoms with van der Waals surface area (Å²) < 4.78 is 0. The molecule has 0 amide bonds. The van der Waals surface area contributed by atoms with Gasteiger partial charge in [0.2, 0.25) is 0 Å². The number of nitrogens with one attached hydrogen (secondary N) is 1. The first-order chi connectivity index (χ1) is 25.8. The topological polar surface area (TPSA) is 15.3 Å². The molecule has 0 aliphatic heterocycles. The van der Waals surface area contributed by atoms with E-state index in [1.54, 1.807) is 5.57 Å². The first-order valence-electron chi connectivity index (χ1n) is 23.4. The van der Waals surface area contributed by atoms with E-state index >= 15 is 0 Å². The molecule has 10 aliphatic rings. The molecule has 0 aromatic rings. The number of rotatable bonds is 8. The van der Waals surface area contributed by atoms with Crippen LogP contribution in [0.5, 0.6) is 0 Å². The van der Waals surface area contributed by atoms with E-state index in [9.17, 15) is 0 Å². The van der Waals surface area contributed by atoms with Gasteiger partial charge >= 0.3 is 0 Å². The van der Waals surface area contributed by atoms with E-state index in [4.69, 9.17) is 0 Å². The Kier molecular flexibility index (Phi) is 10.1. The molecule has 52 heavy (non-hydrogen) atoms. The molecule has 2 nitrogen and oxygen atoms in total. The van der Waals surface area contributed by atoms with Crippen molar-refractivity contribution in [3.63, 3.8) is 0 Å². The Bertz CT molecular complexity index is 1500. The van der Waals surface area contributed by atoms with Crippen LogP contribution < -0.4 is 5.43 Å². The van der Waals surface area contributed by atoms with Gasteiger partial charge < -0.3 is 0 Å². The van der Waals surface area contributed by atoms with Gasteiger partial charge in [0, 0.05) is 31.0 Å². The average Bonchev–Trinajstić information content (AvgIpc) is 3.68. The third kappa shape index (κ3) is 6.10. The Labute approximate surface area is 318 Å². The smallest absolute Gasteiger partial charge is 0.0347 e. The summed E-state index contributed by atoms with van der Waals surface area (Å²) in [6.07, 6.45) is 52.5. The molecule has 10 aliphatic carbocycles. The predicted molar refractivity (Wildman–Crippen MR) is 217 cm³/mol. The van der Waals surface area contributed by atoms with Gasteiger partial charge in [-0.15, -0.1) is 0 Å². The lowest BCUT2D eigenvalue weighted by Crippen LogP contribution is -2.46. The zero-order valence-corrected chi connectivity index (χ0v) is 32.9. The third-order valence-corrected chi connectivity index (χ3v) is 17.8. The van der Waals surface area contributed by atoms with Gasteiger partial charge in [-0.3, -0.25) is 5.43 Å². The SMILES string of the molecule is C1=CCCC(C2CC=C(CN(CC3=CCC4C(C3)[C@@H]3CCCCC3C43C4=C(CCCC4)[C@H]4C=CCCC43)NCC3CCCCC3)C3CCCCC23)=C1. The van der Waals surface area contributed by atoms with E-state index in [-0.39, 0.29) is 0 Å². The van der Waals surface area contributed by atoms with Crippen LogP contribution in [0.15, 0.2) is 70.4 Å². The number of hydrogen-bond donors (Lipinski definition) is 1. The van der Waals surface area contributed by atoms with Crippen molar-refractivity contribution in [2.75, 3.05) is 19.6 Å². The van der Waals surface area contributed by atoms with Crippen molar-refractivity contribution in [3.05, 3.63) is 70.4 Å². The quantitative estimate of drug-likeness (QED) is 0.200. The van der Waals surface area contributed by atoms with Gasteiger partial charge in [0.1, 0.15) is 0 Å². The predicted octanol–water partition coefficient (Wildman–Crippen LogP) is 12.6. The second-order valence-corrected chi connectivity index (χ2v) is 20.0. The van der Waals surface area contributed by atoms with Crippen LogP contribution in [0.3, 0.4) is 0 Å². The highest BCUT2D eigenvalue weighted by Gasteiger charge is 2.68. The summed E-state index contributed by atoms with van der Waals surface area (Å²) in [5, 5.41) is 2.80. The van der Waals surface area contributed by atoms with Crippen LogP contribution in [0, 0.1) is 64.6 Å². The largest absolute Gasteiger partial charge is 0.254 e. The minimum atomic E-state index is 0.547. The van der Waals surface area contributed by atoms with E-state index in [2.05, 4.69) is 58.5 Å². The summed E-state index contributed by atoms with van der Waals surface area (Å²) in [6.45, 7) is 3.52. The molecular formula is C50H72N2. The molecule has 8 unspecified atom stereocenters. The summed E-state index contributed by atoms with van der Waals surface area (Å²) in [6, 6.07) is 0. The summed E-state index contributed by atoms with van der Waals surface area (Å²) in [5.74, 6) is 8.89. The van der Waals surface area contributed by atoms with Gasteiger partial charge in [-0.25, -0.2) is 5.01 Å². The molecule has 10 atom stereocenters. The molecule has 0 saturated heterocycles. The first-order valence-corrected chi connectivity index (χ1v) is 23.4. The maximum atomic E-state index is 4.21. The molecule has 1 spiro atoms. The highest BCUT2D eigenvalue weighted by atomic mass is 15.5. The van der Waals surface area contributed by atoms with E-state index in [0.717, 1.165) is 72.3 Å². The van der Waals surface area contributed by atoms with Crippen LogP contribution in [-0.2, 0) is 0 Å². The van der Waals surface area contributed by atoms with Crippen molar-refractivity contribution in [1.29, 1.82) is 0 Å². The average molecular weight is 701 g/mol. The first kappa shape index (κ1) is 34.8. The Morgan fingerprint density at radius 1 is 0.654 bits per heavy atom. The Morgan fingerprint density at radius 3 is 2.40 bits per heavy atom. The van der Waals surface area contributed by atoms with Crippen molar-refractivity contribution >= 4 is 0 Å². The standard InChI is InChI=1S/C50H72N2/c1-3-15-35(16-4-1)32-51-52(34-38-28-29-40(37-17-5-2-6-18-37)41-20-8-7-19-39(38)41)33-36-27-30-49-45(31-36)44-23-11-14-26-48(44)50(49)46-24-12-9-21-42(46)43-22-10-13-25-47(43)50/h2,5,9,17,21,27-28,35,39-42,44-46,48-49,51H,1,3-4,6-8,10-16,18-20,22-26,29-34H2/t39?,40?,41?,42-,44+,45?,46?,48?,49?,50?/m1/s1. The molecule has 10 rings (SSSR count). The van der Waals surface area contributed by atoms with E-state index < -0.39 is 0 Å². The number of hydrogen-bond acceptors (Lipinski definition) is 2. The molecule has 0 bridgehead atoms. The fraction of sp³-hybridized carbons (Fsp3) is 0.760. The minimum Gasteiger partial charge on any atom is -0.254 e. The molecule has 4 fully saturated rings. The van der Waals surface area contributed by atoms with Gasteiger partial charge in [-0.05, 0) is 162 Å². The number of nitrogens with zero attached hydrogens (tertiary/aromatic N) is 1. The van der Waals surface area contributed by atoms with Crippen LogP contribution in [0.4, 0.5) is 0 Å². The van der Waals surface area contributed by atoms with E-state index in [1.165, 1.54) is 161 Å². The van der Waals surface area contributed by atoms with Crippen LogP contribution >= 0.6 is 0 Å². The van der Waals surface area contributed by atoms with E-state index in [1.807, 2.05) is 16.7 Å². The summed E-state index contributed by atoms with van der Waals surface area (Å²) in [7, 11) is 0. The molecule has 0 aromatic carbocycles. The van der Waals surface area contributed by atoms with Gasteiger partial charge in [-0.2, -0.15) is 0 Å². The second kappa shape index (κ2) is 15.1. The summed E-state index contributed by atoms with van der Waals surface area (Å²) in [4.78, 5) is 0. The zero-order valence-electron chi connectivity index (χ0n) is 32.9. The lowest BCUT2D eigenvalue weighted by Gasteiger charge is -2.49. The van der Waals surface area contributed by atoms with Crippen molar-refractivity contribution in [3.8, 4) is 0 Å². The highest BCUT2D eigenvalue weighted by Crippen LogP contribution is 2.75. The highest BCUT2D eigenvalue weighted by molar-refractivity contribution is 5.43. The maximum Gasteiger partial charge on any atom is 0.0347 e. The molecule has 2 heteroatoms. The monoisotopic (exact) mass is 701 g/mol. The zero-order chi connectivity index (χ0) is 34.5.